The second-order valence-electron chi connectivity index (χ2n) is 2.24. The van der Waals surface area contributed by atoms with Crippen LogP contribution >= 0.6 is 0 Å². The molecular formula is C6H12N2O. The number of aliphatic imine (C=N–C) groups is 1. The summed E-state index contributed by atoms with van der Waals surface area (Å²) in [6.45, 7) is 3.46. The van der Waals surface area contributed by atoms with Crippen LogP contribution in [0, 0.1) is 0 Å². The summed E-state index contributed by atoms with van der Waals surface area (Å²) in [5, 5.41) is 3.01. The molecule has 3 heteroatoms. The van der Waals surface area contributed by atoms with E-state index in [2.05, 4.69) is 10.3 Å². The van der Waals surface area contributed by atoms with Gasteiger partial charge in [0, 0.05) is 6.21 Å². The Kier molecular flexibility index (Phi) is 1.83. The molecule has 1 rings (SSSR count). The fourth-order valence-corrected chi connectivity index (χ4v) is 0.723. The predicted molar refractivity (Wildman–Crippen MR) is 36.8 cm³/mol. The van der Waals surface area contributed by atoms with Crippen LogP contribution in [0.3, 0.4) is 0 Å². The Morgan fingerprint density at radius 2 is 2.56 bits per heavy atom. The molecule has 1 aliphatic heterocycles. The fraction of sp³-hybridized carbons (Fsp3) is 0.833. The van der Waals surface area contributed by atoms with E-state index in [4.69, 9.17) is 4.74 Å². The summed E-state index contributed by atoms with van der Waals surface area (Å²) in [5.74, 6) is 0. The lowest BCUT2D eigenvalue weighted by atomic mass is 10.3. The predicted octanol–water partition coefficient (Wildman–Crippen LogP) is 0.0230. The van der Waals surface area contributed by atoms with E-state index in [9.17, 15) is 0 Å². The number of rotatable bonds is 1. The average Bonchev–Trinajstić information content (AvgIpc) is 1.90. The first-order chi connectivity index (χ1) is 4.27. The zero-order chi connectivity index (χ0) is 6.74. The van der Waals surface area contributed by atoms with Crippen molar-refractivity contribution in [1.82, 2.24) is 5.32 Å². The van der Waals surface area contributed by atoms with Crippen molar-refractivity contribution in [2.75, 3.05) is 20.2 Å². The Bertz CT molecular complexity index is 124. The summed E-state index contributed by atoms with van der Waals surface area (Å²) >= 11 is 0. The van der Waals surface area contributed by atoms with Crippen LogP contribution in [0.1, 0.15) is 6.92 Å². The maximum atomic E-state index is 5.35. The van der Waals surface area contributed by atoms with Crippen LogP contribution in [0.25, 0.3) is 0 Å². The van der Waals surface area contributed by atoms with Crippen molar-refractivity contribution in [3.63, 3.8) is 0 Å². The summed E-state index contributed by atoms with van der Waals surface area (Å²) in [4.78, 5) is 4.09. The lowest BCUT2D eigenvalue weighted by Crippen LogP contribution is -2.46. The van der Waals surface area contributed by atoms with Crippen LogP contribution < -0.4 is 5.32 Å². The van der Waals surface area contributed by atoms with Crippen LogP contribution in [-0.2, 0) is 4.74 Å². The topological polar surface area (TPSA) is 33.6 Å². The molecule has 0 aromatic rings. The largest absolute Gasteiger partial charge is 0.354 e. The maximum absolute atomic E-state index is 5.35. The molecule has 0 aromatic heterocycles. The highest BCUT2D eigenvalue weighted by molar-refractivity contribution is 5.67. The number of hydrogen-bond donors (Lipinski definition) is 1. The molecule has 0 fully saturated rings. The van der Waals surface area contributed by atoms with Crippen LogP contribution in [-0.4, -0.2) is 32.1 Å². The lowest BCUT2D eigenvalue weighted by Gasteiger charge is -2.27. The molecule has 0 aliphatic carbocycles. The van der Waals surface area contributed by atoms with E-state index in [1.807, 2.05) is 14.0 Å². The van der Waals surface area contributed by atoms with E-state index in [1.54, 1.807) is 6.21 Å². The zero-order valence-corrected chi connectivity index (χ0v) is 5.85. The monoisotopic (exact) mass is 128 g/mol. The minimum absolute atomic E-state index is 0.321. The highest BCUT2D eigenvalue weighted by Crippen LogP contribution is 2.04. The molecule has 1 heterocycles. The SMILES string of the molecule is CNC1(C)C=NCCO1. The van der Waals surface area contributed by atoms with Gasteiger partial charge in [0.1, 0.15) is 0 Å². The normalized spacial score (nSPS) is 34.9. The minimum atomic E-state index is -0.321. The third-order valence-corrected chi connectivity index (χ3v) is 1.46. The molecule has 3 nitrogen and oxygen atoms in total. The van der Waals surface area contributed by atoms with Gasteiger partial charge >= 0.3 is 0 Å². The molecule has 0 radical (unpaired) electrons. The van der Waals surface area contributed by atoms with Crippen molar-refractivity contribution in [3.8, 4) is 0 Å². The van der Waals surface area contributed by atoms with E-state index in [-0.39, 0.29) is 5.72 Å². The van der Waals surface area contributed by atoms with Gasteiger partial charge in [-0.2, -0.15) is 0 Å². The average molecular weight is 128 g/mol. The Morgan fingerprint density at radius 3 is 2.89 bits per heavy atom. The Hall–Kier alpha value is -0.410. The minimum Gasteiger partial charge on any atom is -0.354 e. The lowest BCUT2D eigenvalue weighted by molar-refractivity contribution is 0.00242. The standard InChI is InChI=1S/C6H12N2O/c1-6(7-2)5-8-3-4-9-6/h5,7H,3-4H2,1-2H3. The van der Waals surface area contributed by atoms with Gasteiger partial charge in [0.25, 0.3) is 0 Å². The van der Waals surface area contributed by atoms with Gasteiger partial charge in [0.15, 0.2) is 5.72 Å². The van der Waals surface area contributed by atoms with Crippen molar-refractivity contribution in [2.24, 2.45) is 4.99 Å². The van der Waals surface area contributed by atoms with E-state index in [1.165, 1.54) is 0 Å². The molecule has 0 spiro atoms. The van der Waals surface area contributed by atoms with Crippen molar-refractivity contribution in [2.45, 2.75) is 12.6 Å². The highest BCUT2D eigenvalue weighted by atomic mass is 16.5. The third-order valence-electron chi connectivity index (χ3n) is 1.46. The Morgan fingerprint density at radius 1 is 1.78 bits per heavy atom. The first-order valence-corrected chi connectivity index (χ1v) is 3.11. The highest BCUT2D eigenvalue weighted by Gasteiger charge is 2.21. The summed E-state index contributed by atoms with van der Waals surface area (Å²) in [6, 6.07) is 0. The Labute approximate surface area is 55.1 Å². The number of nitrogens with one attached hydrogen (secondary N) is 1. The first kappa shape index (κ1) is 6.71. The number of hydrogen-bond acceptors (Lipinski definition) is 3. The van der Waals surface area contributed by atoms with Crippen molar-refractivity contribution < 1.29 is 4.74 Å². The van der Waals surface area contributed by atoms with E-state index >= 15 is 0 Å². The second-order valence-corrected chi connectivity index (χ2v) is 2.24. The third kappa shape index (κ3) is 1.50. The second kappa shape index (κ2) is 2.45. The van der Waals surface area contributed by atoms with Gasteiger partial charge in [0.05, 0.1) is 13.2 Å². The Balaban J connectivity index is 2.56. The van der Waals surface area contributed by atoms with Crippen molar-refractivity contribution in [3.05, 3.63) is 0 Å². The first-order valence-electron chi connectivity index (χ1n) is 3.11. The summed E-state index contributed by atoms with van der Waals surface area (Å²) in [7, 11) is 1.86. The van der Waals surface area contributed by atoms with Gasteiger partial charge < -0.3 is 4.74 Å². The van der Waals surface area contributed by atoms with Gasteiger partial charge in [0.2, 0.25) is 0 Å². The van der Waals surface area contributed by atoms with E-state index < -0.39 is 0 Å². The van der Waals surface area contributed by atoms with Gasteiger partial charge in [-0.3, -0.25) is 10.3 Å². The van der Waals surface area contributed by atoms with Crippen LogP contribution in [0.4, 0.5) is 0 Å². The summed E-state index contributed by atoms with van der Waals surface area (Å²) in [6.07, 6.45) is 1.80. The van der Waals surface area contributed by atoms with Crippen LogP contribution in [0.5, 0.6) is 0 Å². The summed E-state index contributed by atoms with van der Waals surface area (Å²) in [5.41, 5.74) is -0.321. The van der Waals surface area contributed by atoms with Crippen LogP contribution in [0.15, 0.2) is 4.99 Å². The van der Waals surface area contributed by atoms with Crippen molar-refractivity contribution >= 4 is 6.21 Å². The number of ether oxygens (including phenoxy) is 1. The van der Waals surface area contributed by atoms with E-state index in [0.29, 0.717) is 6.61 Å². The molecule has 0 saturated carbocycles. The van der Waals surface area contributed by atoms with Gasteiger partial charge in [-0.1, -0.05) is 0 Å². The molecule has 1 aliphatic rings. The molecule has 1 atom stereocenters. The molecule has 0 amide bonds. The number of nitrogens with zero attached hydrogens (tertiary/aromatic N) is 1. The van der Waals surface area contributed by atoms with E-state index in [0.717, 1.165) is 6.54 Å². The van der Waals surface area contributed by atoms with Gasteiger partial charge in [-0.15, -0.1) is 0 Å². The summed E-state index contributed by atoms with van der Waals surface area (Å²) < 4.78 is 5.35. The van der Waals surface area contributed by atoms with Gasteiger partial charge in [-0.05, 0) is 14.0 Å². The van der Waals surface area contributed by atoms with Gasteiger partial charge in [-0.25, -0.2) is 0 Å². The maximum Gasteiger partial charge on any atom is 0.152 e. The molecule has 1 unspecified atom stereocenters. The van der Waals surface area contributed by atoms with Crippen LogP contribution in [0.2, 0.25) is 0 Å². The zero-order valence-electron chi connectivity index (χ0n) is 5.85. The van der Waals surface area contributed by atoms with Crippen molar-refractivity contribution in [1.29, 1.82) is 0 Å². The molecule has 0 aromatic carbocycles. The fourth-order valence-electron chi connectivity index (χ4n) is 0.723. The molecule has 0 saturated heterocycles. The molecule has 52 valence electrons. The molecule has 0 bridgehead atoms. The molecule has 1 N–H and O–H groups in total. The quantitative estimate of drug-likeness (QED) is 0.540. The molecule has 9 heavy (non-hydrogen) atoms. The smallest absolute Gasteiger partial charge is 0.152 e. The molecular weight excluding hydrogens is 116 g/mol.